The van der Waals surface area contributed by atoms with Crippen molar-refractivity contribution in [3.05, 3.63) is 36.2 Å². The van der Waals surface area contributed by atoms with Gasteiger partial charge in [-0.25, -0.2) is 0 Å². The molecule has 112 valence electrons. The lowest BCUT2D eigenvalue weighted by Gasteiger charge is -2.01. The number of allylic oxidation sites excluding steroid dienone is 1. The van der Waals surface area contributed by atoms with E-state index in [-0.39, 0.29) is 0 Å². The maximum atomic E-state index is 8.67. The van der Waals surface area contributed by atoms with Crippen molar-refractivity contribution in [1.29, 1.82) is 0 Å². The molecule has 0 aliphatic rings. The van der Waals surface area contributed by atoms with Gasteiger partial charge in [0.2, 0.25) is 0 Å². The number of hydrogen-bond acceptors (Lipinski definition) is 2. The number of hydrogen-bond donors (Lipinski definition) is 1. The third-order valence-corrected chi connectivity index (χ3v) is 3.51. The second-order valence-electron chi connectivity index (χ2n) is 5.35. The van der Waals surface area contributed by atoms with E-state index >= 15 is 0 Å². The van der Waals surface area contributed by atoms with E-state index in [0.717, 1.165) is 18.5 Å². The minimum absolute atomic E-state index is 0.353. The van der Waals surface area contributed by atoms with Gasteiger partial charge in [0.05, 0.1) is 5.69 Å². The third-order valence-electron chi connectivity index (χ3n) is 3.51. The van der Waals surface area contributed by atoms with Gasteiger partial charge in [0.15, 0.2) is 0 Å². The summed E-state index contributed by atoms with van der Waals surface area (Å²) < 4.78 is 0. The first kappa shape index (κ1) is 16.9. The Hall–Kier alpha value is -1.15. The summed E-state index contributed by atoms with van der Waals surface area (Å²) in [7, 11) is 0. The maximum Gasteiger partial charge on any atom is 0.0626 e. The summed E-state index contributed by atoms with van der Waals surface area (Å²) >= 11 is 0. The zero-order chi connectivity index (χ0) is 14.3. The van der Waals surface area contributed by atoms with Gasteiger partial charge in [0.1, 0.15) is 0 Å². The van der Waals surface area contributed by atoms with Gasteiger partial charge in [0.25, 0.3) is 0 Å². The van der Waals surface area contributed by atoms with Crippen LogP contribution in [-0.2, 0) is 0 Å². The number of nitrogens with zero attached hydrogens (tertiary/aromatic N) is 1. The highest BCUT2D eigenvalue weighted by atomic mass is 16.2. The van der Waals surface area contributed by atoms with E-state index in [0.29, 0.717) is 6.61 Å². The predicted molar refractivity (Wildman–Crippen MR) is 86.5 cm³/mol. The molecule has 0 aliphatic carbocycles. The first-order valence-electron chi connectivity index (χ1n) is 8.12. The molecule has 1 aromatic heterocycles. The molecule has 1 aromatic rings. The average molecular weight is 275 g/mol. The highest BCUT2D eigenvalue weighted by Crippen LogP contribution is 2.11. The van der Waals surface area contributed by atoms with Crippen LogP contribution in [-0.4, -0.2) is 16.7 Å². The van der Waals surface area contributed by atoms with Gasteiger partial charge in [-0.1, -0.05) is 57.1 Å². The van der Waals surface area contributed by atoms with Gasteiger partial charge >= 0.3 is 0 Å². The van der Waals surface area contributed by atoms with E-state index in [9.17, 15) is 0 Å². The standard InChI is InChI=1S/C18H29NO/c20-17-13-9-7-5-3-1-2-4-6-8-10-14-18-15-11-12-16-19-18/h10-12,14-16,20H,1-9,13,17H2. The van der Waals surface area contributed by atoms with Crippen LogP contribution in [0.2, 0.25) is 0 Å². The molecule has 0 amide bonds. The average Bonchev–Trinajstić information content (AvgIpc) is 2.49. The molecule has 20 heavy (non-hydrogen) atoms. The van der Waals surface area contributed by atoms with Crippen LogP contribution in [0.3, 0.4) is 0 Å². The molecule has 2 nitrogen and oxygen atoms in total. The van der Waals surface area contributed by atoms with Gasteiger partial charge in [0, 0.05) is 12.8 Å². The van der Waals surface area contributed by atoms with Crippen molar-refractivity contribution < 1.29 is 5.11 Å². The van der Waals surface area contributed by atoms with E-state index in [2.05, 4.69) is 17.1 Å². The predicted octanol–water partition coefficient (Wildman–Crippen LogP) is 4.99. The quantitative estimate of drug-likeness (QED) is 0.545. The Morgan fingerprint density at radius 1 is 0.850 bits per heavy atom. The van der Waals surface area contributed by atoms with Crippen LogP contribution in [0.1, 0.15) is 69.9 Å². The van der Waals surface area contributed by atoms with Crippen LogP contribution >= 0.6 is 0 Å². The highest BCUT2D eigenvalue weighted by Gasteiger charge is 1.92. The molecule has 0 atom stereocenters. The highest BCUT2D eigenvalue weighted by molar-refractivity contribution is 5.43. The Kier molecular flexibility index (Phi) is 10.9. The summed E-state index contributed by atoms with van der Waals surface area (Å²) in [5.41, 5.74) is 1.05. The topological polar surface area (TPSA) is 33.1 Å². The van der Waals surface area contributed by atoms with Crippen molar-refractivity contribution in [2.45, 2.75) is 64.2 Å². The molecule has 2 heteroatoms. The van der Waals surface area contributed by atoms with Crippen LogP contribution in [0.4, 0.5) is 0 Å². The fourth-order valence-electron chi connectivity index (χ4n) is 2.29. The van der Waals surface area contributed by atoms with Crippen molar-refractivity contribution in [3.63, 3.8) is 0 Å². The molecule has 0 aliphatic heterocycles. The van der Waals surface area contributed by atoms with Crippen LogP contribution in [0.5, 0.6) is 0 Å². The second-order valence-corrected chi connectivity index (χ2v) is 5.35. The minimum Gasteiger partial charge on any atom is -0.396 e. The molecule has 0 bridgehead atoms. The van der Waals surface area contributed by atoms with Crippen LogP contribution in [0.15, 0.2) is 30.5 Å². The Labute approximate surface area is 123 Å². The third kappa shape index (κ3) is 9.74. The van der Waals surface area contributed by atoms with E-state index in [4.69, 9.17) is 5.11 Å². The zero-order valence-electron chi connectivity index (χ0n) is 12.6. The molecule has 0 radical (unpaired) electrons. The molecule has 0 saturated carbocycles. The number of unbranched alkanes of at least 4 members (excludes halogenated alkanes) is 9. The van der Waals surface area contributed by atoms with Crippen molar-refractivity contribution >= 4 is 6.08 Å². The normalized spacial score (nSPS) is 11.2. The molecule has 1 N–H and O–H groups in total. The Morgan fingerprint density at radius 2 is 1.50 bits per heavy atom. The number of rotatable bonds is 12. The molecule has 0 saturated heterocycles. The lowest BCUT2D eigenvalue weighted by Crippen LogP contribution is -1.84. The first-order chi connectivity index (χ1) is 9.93. The van der Waals surface area contributed by atoms with Gasteiger partial charge in [-0.05, 0) is 37.5 Å². The van der Waals surface area contributed by atoms with E-state index < -0.39 is 0 Å². The lowest BCUT2D eigenvalue weighted by atomic mass is 10.1. The molecular weight excluding hydrogens is 246 g/mol. The lowest BCUT2D eigenvalue weighted by molar-refractivity contribution is 0.282. The van der Waals surface area contributed by atoms with E-state index in [1.807, 2.05) is 24.4 Å². The van der Waals surface area contributed by atoms with Crippen LogP contribution in [0, 0.1) is 0 Å². The zero-order valence-corrected chi connectivity index (χ0v) is 12.6. The van der Waals surface area contributed by atoms with Gasteiger partial charge < -0.3 is 5.11 Å². The molecule has 0 spiro atoms. The fourth-order valence-corrected chi connectivity index (χ4v) is 2.29. The van der Waals surface area contributed by atoms with Crippen molar-refractivity contribution in [3.8, 4) is 0 Å². The fraction of sp³-hybridized carbons (Fsp3) is 0.611. The molecule has 0 fully saturated rings. The maximum absolute atomic E-state index is 8.67. The van der Waals surface area contributed by atoms with Gasteiger partial charge in [-0.15, -0.1) is 0 Å². The molecule has 0 unspecified atom stereocenters. The number of pyridine rings is 1. The van der Waals surface area contributed by atoms with Crippen molar-refractivity contribution in [2.24, 2.45) is 0 Å². The molecule has 1 heterocycles. The molecular formula is C18H29NO. The first-order valence-corrected chi connectivity index (χ1v) is 8.12. The van der Waals surface area contributed by atoms with Crippen LogP contribution in [0.25, 0.3) is 6.08 Å². The Bertz CT molecular complexity index is 335. The minimum atomic E-state index is 0.353. The van der Waals surface area contributed by atoms with Crippen LogP contribution < -0.4 is 0 Å². The smallest absolute Gasteiger partial charge is 0.0626 e. The summed E-state index contributed by atoms with van der Waals surface area (Å²) in [6.45, 7) is 0.353. The summed E-state index contributed by atoms with van der Waals surface area (Å²) in [5.74, 6) is 0. The SMILES string of the molecule is OCCCCCCCCCCCC=Cc1ccccn1. The van der Waals surface area contributed by atoms with Crippen molar-refractivity contribution in [2.75, 3.05) is 6.61 Å². The Morgan fingerprint density at radius 3 is 2.10 bits per heavy atom. The van der Waals surface area contributed by atoms with Gasteiger partial charge in [-0.2, -0.15) is 0 Å². The number of aliphatic hydroxyl groups excluding tert-OH is 1. The summed E-state index contributed by atoms with van der Waals surface area (Å²) in [4.78, 5) is 4.27. The Balaban J connectivity index is 1.84. The summed E-state index contributed by atoms with van der Waals surface area (Å²) in [6, 6.07) is 6.00. The molecule has 1 rings (SSSR count). The van der Waals surface area contributed by atoms with E-state index in [1.165, 1.54) is 51.4 Å². The summed E-state index contributed by atoms with van der Waals surface area (Å²) in [5, 5.41) is 8.67. The second kappa shape index (κ2) is 12.9. The monoisotopic (exact) mass is 275 g/mol. The van der Waals surface area contributed by atoms with Crippen molar-refractivity contribution in [1.82, 2.24) is 4.98 Å². The summed E-state index contributed by atoms with van der Waals surface area (Å²) in [6.07, 6.45) is 18.8. The number of aromatic nitrogens is 1. The largest absolute Gasteiger partial charge is 0.396 e. The number of aliphatic hydroxyl groups is 1. The van der Waals surface area contributed by atoms with E-state index in [1.54, 1.807) is 0 Å². The molecule has 0 aromatic carbocycles. The van der Waals surface area contributed by atoms with Gasteiger partial charge in [-0.3, -0.25) is 4.98 Å².